The fraction of sp³-hybridized carbons (Fsp3) is 0.120. The van der Waals surface area contributed by atoms with Crippen LogP contribution in [0, 0.1) is 11.2 Å². The minimum Gasteiger partial charge on any atom is -0.494 e. The maximum atomic E-state index is 14.2. The van der Waals surface area contributed by atoms with Crippen molar-refractivity contribution in [1.82, 2.24) is 0 Å². The molecule has 7 nitrogen and oxygen atoms in total. The van der Waals surface area contributed by atoms with E-state index in [1.807, 2.05) is 42.5 Å². The molecule has 4 N–H and O–H groups in total. The number of ether oxygens (including phenoxy) is 3. The van der Waals surface area contributed by atoms with E-state index in [0.717, 1.165) is 15.6 Å². The molecule has 3 aromatic carbocycles. The van der Waals surface area contributed by atoms with Crippen molar-refractivity contribution in [1.29, 1.82) is 5.41 Å². The molecular weight excluding hydrogens is 457 g/mol. The van der Waals surface area contributed by atoms with Crippen molar-refractivity contribution < 1.29 is 23.4 Å². The fourth-order valence-electron chi connectivity index (χ4n) is 3.37. The predicted octanol–water partition coefficient (Wildman–Crippen LogP) is 5.70. The van der Waals surface area contributed by atoms with Gasteiger partial charge < -0.3 is 19.9 Å². The topological polar surface area (TPSA) is 107 Å². The summed E-state index contributed by atoms with van der Waals surface area (Å²) in [6, 6.07) is 20.9. The molecule has 0 fully saturated rings. The molecule has 0 bridgehead atoms. The number of carbonyl (C=O) groups is 1. The minimum atomic E-state index is -0.847. The van der Waals surface area contributed by atoms with Gasteiger partial charge in [-0.3, -0.25) is 10.7 Å². The third kappa shape index (κ3) is 5.10. The number of para-hydroxylation sites is 1. The molecule has 1 atom stereocenters. The van der Waals surface area contributed by atoms with Crippen molar-refractivity contribution >= 4 is 39.0 Å². The number of nitrogens with one attached hydrogen (secondary N) is 2. The van der Waals surface area contributed by atoms with E-state index in [1.165, 1.54) is 36.6 Å². The van der Waals surface area contributed by atoms with Gasteiger partial charge in [-0.15, -0.1) is 11.3 Å². The smallest absolute Gasteiger partial charge is 0.411 e. The van der Waals surface area contributed by atoms with Crippen LogP contribution in [-0.4, -0.2) is 25.6 Å². The van der Waals surface area contributed by atoms with Crippen molar-refractivity contribution in [3.8, 4) is 11.5 Å². The number of hydrogen-bond acceptors (Lipinski definition) is 6. The van der Waals surface area contributed by atoms with Crippen molar-refractivity contribution in [3.05, 3.63) is 89.1 Å². The number of nitrogens with two attached hydrogens (primary N) is 1. The number of halogens is 1. The van der Waals surface area contributed by atoms with Gasteiger partial charge in [0.15, 0.2) is 11.9 Å². The van der Waals surface area contributed by atoms with Crippen LogP contribution in [0.15, 0.2) is 72.8 Å². The van der Waals surface area contributed by atoms with Crippen LogP contribution in [0.3, 0.4) is 0 Å². The zero-order valence-corrected chi connectivity index (χ0v) is 19.0. The maximum absolute atomic E-state index is 14.2. The molecular formula is C25H22FN3O4S. The number of amides is 1. The van der Waals surface area contributed by atoms with Crippen LogP contribution in [-0.2, 0) is 4.74 Å². The van der Waals surface area contributed by atoms with E-state index >= 15 is 0 Å². The Hall–Kier alpha value is -4.11. The van der Waals surface area contributed by atoms with Gasteiger partial charge in [0, 0.05) is 10.1 Å². The van der Waals surface area contributed by atoms with Gasteiger partial charge in [0.1, 0.15) is 29.6 Å². The zero-order valence-electron chi connectivity index (χ0n) is 18.2. The molecule has 1 aromatic heterocycles. The molecule has 0 aliphatic rings. The number of nitrogen functional groups attached to an aromatic ring is 1. The molecule has 0 aliphatic carbocycles. The Bertz CT molecular complexity index is 1330. The van der Waals surface area contributed by atoms with Gasteiger partial charge in [-0.2, -0.15) is 0 Å². The maximum Gasteiger partial charge on any atom is 0.411 e. The number of carbonyl (C=O) groups excluding carboxylic acids is 1. The first-order valence-electron chi connectivity index (χ1n) is 10.3. The summed E-state index contributed by atoms with van der Waals surface area (Å²) in [6.07, 6.45) is -1.48. The molecule has 4 aromatic rings. The van der Waals surface area contributed by atoms with Gasteiger partial charge >= 0.3 is 6.09 Å². The first-order valence-corrected chi connectivity index (χ1v) is 11.1. The van der Waals surface area contributed by atoms with Gasteiger partial charge in [-0.05, 0) is 35.9 Å². The normalized spacial score (nSPS) is 11.6. The Morgan fingerprint density at radius 1 is 1.09 bits per heavy atom. The number of hydrogen-bond donors (Lipinski definition) is 3. The van der Waals surface area contributed by atoms with E-state index in [-0.39, 0.29) is 23.9 Å². The molecule has 9 heteroatoms. The summed E-state index contributed by atoms with van der Waals surface area (Å²) in [5.74, 6) is 0.0843. The van der Waals surface area contributed by atoms with E-state index in [0.29, 0.717) is 10.6 Å². The van der Waals surface area contributed by atoms with Gasteiger partial charge in [0.05, 0.1) is 12.0 Å². The Labute approximate surface area is 199 Å². The van der Waals surface area contributed by atoms with E-state index in [1.54, 1.807) is 12.1 Å². The summed E-state index contributed by atoms with van der Waals surface area (Å²) in [5, 5.41) is 10.9. The lowest BCUT2D eigenvalue weighted by atomic mass is 10.1. The summed E-state index contributed by atoms with van der Waals surface area (Å²) in [7, 11) is 1.38. The van der Waals surface area contributed by atoms with Crippen LogP contribution in [0.4, 0.5) is 14.9 Å². The average molecular weight is 480 g/mol. The highest BCUT2D eigenvalue weighted by atomic mass is 32.1. The Kier molecular flexibility index (Phi) is 6.93. The number of amidine groups is 1. The standard InChI is InChI=1S/C25H22FN3O4S/c1-31-19-11-5-9-17(26)23(19)29-25(30)32-14-20(15-7-3-2-4-8-15)33-18-10-6-12-21-16(18)13-22(34-21)24(27)28/h2-13,20H,14H2,1H3,(H3,27,28)(H,29,30). The number of anilines is 1. The third-order valence-electron chi connectivity index (χ3n) is 5.02. The van der Waals surface area contributed by atoms with Crippen molar-refractivity contribution in [2.24, 2.45) is 5.73 Å². The van der Waals surface area contributed by atoms with Crippen LogP contribution in [0.5, 0.6) is 11.5 Å². The van der Waals surface area contributed by atoms with Crippen LogP contribution in [0.1, 0.15) is 16.5 Å². The molecule has 0 spiro atoms. The lowest BCUT2D eigenvalue weighted by Crippen LogP contribution is -2.21. The molecule has 0 aliphatic heterocycles. The second-order valence-corrected chi connectivity index (χ2v) is 8.33. The van der Waals surface area contributed by atoms with E-state index < -0.39 is 18.0 Å². The lowest BCUT2D eigenvalue weighted by molar-refractivity contribution is 0.0909. The Morgan fingerprint density at radius 3 is 2.56 bits per heavy atom. The van der Waals surface area contributed by atoms with Crippen LogP contribution >= 0.6 is 11.3 Å². The largest absolute Gasteiger partial charge is 0.494 e. The van der Waals surface area contributed by atoms with Gasteiger partial charge in [-0.25, -0.2) is 9.18 Å². The first kappa shape index (κ1) is 23.1. The van der Waals surface area contributed by atoms with Crippen molar-refractivity contribution in [3.63, 3.8) is 0 Å². The van der Waals surface area contributed by atoms with Crippen LogP contribution in [0.25, 0.3) is 10.1 Å². The number of methoxy groups -OCH3 is 1. The molecule has 34 heavy (non-hydrogen) atoms. The van der Waals surface area contributed by atoms with Crippen molar-refractivity contribution in [2.45, 2.75) is 6.10 Å². The lowest BCUT2D eigenvalue weighted by Gasteiger charge is -2.20. The fourth-order valence-corrected chi connectivity index (χ4v) is 4.31. The van der Waals surface area contributed by atoms with E-state index in [2.05, 4.69) is 5.32 Å². The van der Waals surface area contributed by atoms with E-state index in [9.17, 15) is 9.18 Å². The average Bonchev–Trinajstić information content (AvgIpc) is 3.29. The second-order valence-electron chi connectivity index (χ2n) is 7.25. The summed E-state index contributed by atoms with van der Waals surface area (Å²) in [6.45, 7) is -0.132. The Morgan fingerprint density at radius 2 is 1.82 bits per heavy atom. The molecule has 0 saturated heterocycles. The highest BCUT2D eigenvalue weighted by Crippen LogP contribution is 2.35. The summed E-state index contributed by atoms with van der Waals surface area (Å²) < 4.78 is 31.8. The first-order chi connectivity index (χ1) is 16.5. The highest BCUT2D eigenvalue weighted by Gasteiger charge is 2.20. The molecule has 1 heterocycles. The number of fused-ring (bicyclic) bond motifs is 1. The number of rotatable bonds is 8. The molecule has 174 valence electrons. The van der Waals surface area contributed by atoms with Crippen molar-refractivity contribution in [2.75, 3.05) is 19.0 Å². The Balaban J connectivity index is 1.55. The molecule has 4 rings (SSSR count). The summed E-state index contributed by atoms with van der Waals surface area (Å²) in [5.41, 5.74) is 6.33. The van der Waals surface area contributed by atoms with Crippen LogP contribution < -0.4 is 20.5 Å². The summed E-state index contributed by atoms with van der Waals surface area (Å²) >= 11 is 1.39. The highest BCUT2D eigenvalue weighted by molar-refractivity contribution is 7.20. The SMILES string of the molecule is COc1cccc(F)c1NC(=O)OCC(Oc1cccc2sc(C(=N)N)cc12)c1ccccc1. The predicted molar refractivity (Wildman–Crippen MR) is 131 cm³/mol. The van der Waals surface area contributed by atoms with Gasteiger partial charge in [0.2, 0.25) is 0 Å². The molecule has 1 unspecified atom stereocenters. The minimum absolute atomic E-state index is 0.0182. The molecule has 1 amide bonds. The molecule has 0 saturated carbocycles. The summed E-state index contributed by atoms with van der Waals surface area (Å²) in [4.78, 5) is 13.1. The number of thiophene rings is 1. The van der Waals surface area contributed by atoms with E-state index in [4.69, 9.17) is 25.4 Å². The zero-order chi connectivity index (χ0) is 24.1. The second kappa shape index (κ2) is 10.2. The third-order valence-corrected chi connectivity index (χ3v) is 6.15. The number of benzene rings is 3. The monoisotopic (exact) mass is 479 g/mol. The van der Waals surface area contributed by atoms with Gasteiger partial charge in [-0.1, -0.05) is 42.5 Å². The van der Waals surface area contributed by atoms with Gasteiger partial charge in [0.25, 0.3) is 0 Å². The quantitative estimate of drug-likeness (QED) is 0.222. The van der Waals surface area contributed by atoms with Crippen LogP contribution in [0.2, 0.25) is 0 Å². The molecule has 0 radical (unpaired) electrons.